The molecule has 0 aromatic heterocycles. The minimum atomic E-state index is -4.21. The Morgan fingerprint density at radius 2 is 1.90 bits per heavy atom. The molecule has 0 aliphatic heterocycles. The zero-order valence-corrected chi connectivity index (χ0v) is 15.7. The van der Waals surface area contributed by atoms with Crippen LogP contribution < -0.4 is 34.9 Å². The summed E-state index contributed by atoms with van der Waals surface area (Å²) in [7, 11) is -2.87. The standard InChI is InChI=1S/C7H13NO4S.C5H8O2.Na/c1-3-7(9)8-4-6(2)5-13(10,11)12;1-4(2)5(6)7-3;/h3,6H,1,4-5H2,2H3,(H,8,9)(H,10,11,12);1H2,2-3H3;/q;;+1/p-1. The van der Waals surface area contributed by atoms with E-state index < -0.39 is 15.9 Å². The van der Waals surface area contributed by atoms with Gasteiger partial charge in [-0.1, -0.05) is 20.1 Å². The van der Waals surface area contributed by atoms with Gasteiger partial charge < -0.3 is 14.6 Å². The van der Waals surface area contributed by atoms with Gasteiger partial charge in [0.25, 0.3) is 0 Å². The van der Waals surface area contributed by atoms with Gasteiger partial charge in [0.1, 0.15) is 0 Å². The predicted octanol–water partition coefficient (Wildman–Crippen LogP) is -2.79. The third kappa shape index (κ3) is 19.3. The van der Waals surface area contributed by atoms with Gasteiger partial charge >= 0.3 is 35.5 Å². The second-order valence-electron chi connectivity index (χ2n) is 4.05. The molecule has 0 spiro atoms. The molecule has 0 radical (unpaired) electrons. The molecule has 1 atom stereocenters. The minimum absolute atomic E-state index is 0. The Morgan fingerprint density at radius 1 is 1.43 bits per heavy atom. The number of hydrogen-bond donors (Lipinski definition) is 1. The van der Waals surface area contributed by atoms with Crippen LogP contribution in [-0.2, 0) is 24.4 Å². The zero-order chi connectivity index (χ0) is 16.3. The molecule has 21 heavy (non-hydrogen) atoms. The fraction of sp³-hybridized carbons (Fsp3) is 0.500. The van der Waals surface area contributed by atoms with E-state index in [9.17, 15) is 22.6 Å². The van der Waals surface area contributed by atoms with E-state index in [0.29, 0.717) is 5.57 Å². The molecule has 0 aromatic rings. The van der Waals surface area contributed by atoms with Crippen molar-refractivity contribution in [1.29, 1.82) is 0 Å². The number of carbonyl (C=O) groups excluding carboxylic acids is 2. The summed E-state index contributed by atoms with van der Waals surface area (Å²) in [4.78, 5) is 20.8. The van der Waals surface area contributed by atoms with Crippen molar-refractivity contribution in [2.45, 2.75) is 13.8 Å². The van der Waals surface area contributed by atoms with E-state index in [0.717, 1.165) is 6.08 Å². The number of methoxy groups -OCH3 is 1. The maximum absolute atomic E-state index is 10.6. The summed E-state index contributed by atoms with van der Waals surface area (Å²) < 4.78 is 35.1. The SMILES string of the molecule is C=C(C)C(=O)OC.C=CC(=O)NCC(C)CS(=O)(=O)[O-].[Na+]. The normalized spacial score (nSPS) is 10.9. The fourth-order valence-electron chi connectivity index (χ4n) is 0.929. The van der Waals surface area contributed by atoms with Crippen LogP contribution >= 0.6 is 0 Å². The number of ether oxygens (including phenoxy) is 1. The Kier molecular flexibility index (Phi) is 15.7. The van der Waals surface area contributed by atoms with Gasteiger partial charge in [0.2, 0.25) is 5.91 Å². The van der Waals surface area contributed by atoms with Gasteiger partial charge in [-0.05, 0) is 18.9 Å². The second kappa shape index (κ2) is 13.0. The first-order chi connectivity index (χ1) is 9.03. The van der Waals surface area contributed by atoms with E-state index in [-0.39, 0.29) is 53.9 Å². The average Bonchev–Trinajstić information content (AvgIpc) is 2.33. The first-order valence-electron chi connectivity index (χ1n) is 5.61. The summed E-state index contributed by atoms with van der Waals surface area (Å²) in [6, 6.07) is 0. The molecule has 0 saturated carbocycles. The van der Waals surface area contributed by atoms with Crippen LogP contribution in [0.2, 0.25) is 0 Å². The molecule has 9 heteroatoms. The van der Waals surface area contributed by atoms with Gasteiger partial charge in [-0.2, -0.15) is 0 Å². The summed E-state index contributed by atoms with van der Waals surface area (Å²) in [6.07, 6.45) is 1.08. The molecule has 0 saturated heterocycles. The van der Waals surface area contributed by atoms with E-state index in [2.05, 4.69) is 23.2 Å². The van der Waals surface area contributed by atoms with Crippen molar-refractivity contribution < 1.29 is 56.9 Å². The predicted molar refractivity (Wildman–Crippen MR) is 73.8 cm³/mol. The molecule has 7 nitrogen and oxygen atoms in total. The topological polar surface area (TPSA) is 113 Å². The molecule has 1 amide bonds. The molecular formula is C12H20NNaO6S. The van der Waals surface area contributed by atoms with Crippen molar-refractivity contribution in [3.8, 4) is 0 Å². The molecule has 116 valence electrons. The summed E-state index contributed by atoms with van der Waals surface area (Å²) in [6.45, 7) is 9.90. The first kappa shape index (κ1) is 25.3. The second-order valence-corrected chi connectivity index (χ2v) is 5.50. The van der Waals surface area contributed by atoms with Crippen molar-refractivity contribution >= 4 is 22.0 Å². The third-order valence-electron chi connectivity index (χ3n) is 1.83. The van der Waals surface area contributed by atoms with Crippen LogP contribution in [0.15, 0.2) is 24.8 Å². The van der Waals surface area contributed by atoms with Gasteiger partial charge in [-0.3, -0.25) is 4.79 Å². The summed E-state index contributed by atoms with van der Waals surface area (Å²) in [5.41, 5.74) is 0.433. The van der Waals surface area contributed by atoms with Gasteiger partial charge in [-0.25, -0.2) is 13.2 Å². The summed E-state index contributed by atoms with van der Waals surface area (Å²) in [5.74, 6) is -1.58. The largest absolute Gasteiger partial charge is 1.00 e. The number of rotatable bonds is 6. The average molecular weight is 329 g/mol. The Balaban J connectivity index is -0.000000347. The molecule has 0 aliphatic rings. The van der Waals surface area contributed by atoms with E-state index in [4.69, 9.17) is 0 Å². The van der Waals surface area contributed by atoms with Crippen molar-refractivity contribution in [3.63, 3.8) is 0 Å². The number of amides is 1. The minimum Gasteiger partial charge on any atom is -0.748 e. The van der Waals surface area contributed by atoms with Gasteiger partial charge in [0.15, 0.2) is 0 Å². The molecule has 0 heterocycles. The van der Waals surface area contributed by atoms with Crippen LogP contribution in [0, 0.1) is 5.92 Å². The number of esters is 1. The molecule has 1 N–H and O–H groups in total. The smallest absolute Gasteiger partial charge is 0.748 e. The Morgan fingerprint density at radius 3 is 2.14 bits per heavy atom. The van der Waals surface area contributed by atoms with Crippen LogP contribution in [0.1, 0.15) is 13.8 Å². The van der Waals surface area contributed by atoms with Crippen LogP contribution in [0.5, 0.6) is 0 Å². The first-order valence-corrected chi connectivity index (χ1v) is 7.18. The molecule has 0 aliphatic carbocycles. The number of nitrogens with one attached hydrogen (secondary N) is 1. The Labute approximate surface area is 147 Å². The van der Waals surface area contributed by atoms with E-state index in [1.54, 1.807) is 13.8 Å². The fourth-order valence-corrected chi connectivity index (χ4v) is 1.74. The third-order valence-corrected chi connectivity index (χ3v) is 2.81. The van der Waals surface area contributed by atoms with Crippen molar-refractivity contribution in [3.05, 3.63) is 24.8 Å². The van der Waals surface area contributed by atoms with Crippen molar-refractivity contribution in [1.82, 2.24) is 5.32 Å². The van der Waals surface area contributed by atoms with Crippen molar-refractivity contribution in [2.24, 2.45) is 5.92 Å². The molecule has 1 unspecified atom stereocenters. The van der Waals surface area contributed by atoms with Gasteiger partial charge in [0.05, 0.1) is 17.2 Å². The number of hydrogen-bond acceptors (Lipinski definition) is 6. The van der Waals surface area contributed by atoms with Crippen LogP contribution in [0.3, 0.4) is 0 Å². The van der Waals surface area contributed by atoms with Crippen molar-refractivity contribution in [2.75, 3.05) is 19.4 Å². The maximum atomic E-state index is 10.6. The Hall–Kier alpha value is -0.670. The molecule has 0 rings (SSSR count). The molecular weight excluding hydrogens is 309 g/mol. The van der Waals surface area contributed by atoms with E-state index >= 15 is 0 Å². The monoisotopic (exact) mass is 329 g/mol. The molecule has 0 fully saturated rings. The molecule has 0 aromatic carbocycles. The quantitative estimate of drug-likeness (QED) is 0.244. The zero-order valence-electron chi connectivity index (χ0n) is 12.8. The van der Waals surface area contributed by atoms with Gasteiger partial charge in [-0.15, -0.1) is 0 Å². The summed E-state index contributed by atoms with van der Waals surface area (Å²) >= 11 is 0. The van der Waals surface area contributed by atoms with Gasteiger partial charge in [0, 0.05) is 17.9 Å². The molecule has 0 bridgehead atoms. The van der Waals surface area contributed by atoms with E-state index in [1.165, 1.54) is 7.11 Å². The Bertz CT molecular complexity index is 460. The maximum Gasteiger partial charge on any atom is 1.00 e. The summed E-state index contributed by atoms with van der Waals surface area (Å²) in [5, 5.41) is 2.39. The van der Waals surface area contributed by atoms with Crippen LogP contribution in [-0.4, -0.2) is 44.3 Å². The number of carbonyl (C=O) groups is 2. The van der Waals surface area contributed by atoms with E-state index in [1.807, 2.05) is 0 Å². The van der Waals surface area contributed by atoms with Crippen LogP contribution in [0.25, 0.3) is 0 Å². The van der Waals surface area contributed by atoms with Crippen LogP contribution in [0.4, 0.5) is 0 Å².